The average molecular weight is 265 g/mol. The number of rotatable bonds is 1. The van der Waals surface area contributed by atoms with Crippen LogP contribution in [-0.4, -0.2) is 4.98 Å². The lowest BCUT2D eigenvalue weighted by molar-refractivity contribution is 0.874. The number of aromatic nitrogens is 1. The van der Waals surface area contributed by atoms with Gasteiger partial charge in [0.05, 0.1) is 5.52 Å². The number of hydrogen-bond donors (Lipinski definition) is 0. The molecule has 3 aromatic rings. The second-order valence-corrected chi connectivity index (χ2v) is 5.19. The summed E-state index contributed by atoms with van der Waals surface area (Å²) < 4.78 is 0. The monoisotopic (exact) mass is 265 g/mol. The fourth-order valence-corrected chi connectivity index (χ4v) is 2.69. The van der Waals surface area contributed by atoms with Gasteiger partial charge in [0.25, 0.3) is 0 Å². The summed E-state index contributed by atoms with van der Waals surface area (Å²) in [6.45, 7) is 10.7. The average Bonchev–Trinajstić information content (AvgIpc) is 2.49. The topological polar surface area (TPSA) is 12.9 Å². The first-order chi connectivity index (χ1) is 9.68. The Hall–Kier alpha value is -1.89. The molecule has 1 aromatic heterocycles. The molecule has 1 nitrogen and oxygen atoms in total. The SMILES string of the molecule is CC.Cc1cc2c(C(C)C)ccnc2c2ccccc12. The minimum Gasteiger partial charge on any atom is -0.256 e. The van der Waals surface area contributed by atoms with Gasteiger partial charge in [-0.1, -0.05) is 52.0 Å². The van der Waals surface area contributed by atoms with Gasteiger partial charge < -0.3 is 0 Å². The molecule has 0 bridgehead atoms. The van der Waals surface area contributed by atoms with E-state index in [4.69, 9.17) is 0 Å². The molecule has 104 valence electrons. The third-order valence-corrected chi connectivity index (χ3v) is 3.61. The van der Waals surface area contributed by atoms with Crippen molar-refractivity contribution in [2.75, 3.05) is 0 Å². The second-order valence-electron chi connectivity index (χ2n) is 5.19. The van der Waals surface area contributed by atoms with Crippen molar-refractivity contribution in [1.82, 2.24) is 4.98 Å². The first-order valence-corrected chi connectivity index (χ1v) is 7.45. The van der Waals surface area contributed by atoms with Crippen LogP contribution in [0.15, 0.2) is 42.6 Å². The van der Waals surface area contributed by atoms with Gasteiger partial charge in [-0.05, 0) is 41.5 Å². The standard InChI is InChI=1S/C17H17N.C2H6/c1-11(2)13-8-9-18-17-15-7-5-4-6-14(15)12(3)10-16(13)17;1-2/h4-11H,1-3H3;1-2H3. The Kier molecular flexibility index (Phi) is 4.39. The summed E-state index contributed by atoms with van der Waals surface area (Å²) in [4.78, 5) is 4.59. The molecule has 20 heavy (non-hydrogen) atoms. The van der Waals surface area contributed by atoms with Crippen LogP contribution in [-0.2, 0) is 0 Å². The highest BCUT2D eigenvalue weighted by Crippen LogP contribution is 2.31. The summed E-state index contributed by atoms with van der Waals surface area (Å²) >= 11 is 0. The van der Waals surface area contributed by atoms with Crippen molar-refractivity contribution >= 4 is 21.7 Å². The fraction of sp³-hybridized carbons (Fsp3) is 0.316. The summed E-state index contributed by atoms with van der Waals surface area (Å²) in [7, 11) is 0. The summed E-state index contributed by atoms with van der Waals surface area (Å²) in [6, 6.07) is 12.9. The summed E-state index contributed by atoms with van der Waals surface area (Å²) in [5.74, 6) is 0.524. The third-order valence-electron chi connectivity index (χ3n) is 3.61. The van der Waals surface area contributed by atoms with Crippen LogP contribution in [0.5, 0.6) is 0 Å². The molecule has 0 N–H and O–H groups in total. The minimum absolute atomic E-state index is 0.524. The molecular weight excluding hydrogens is 242 g/mol. The zero-order valence-electron chi connectivity index (χ0n) is 13.1. The third kappa shape index (κ3) is 2.40. The lowest BCUT2D eigenvalue weighted by Crippen LogP contribution is -1.93. The predicted molar refractivity (Wildman–Crippen MR) is 89.4 cm³/mol. The largest absolute Gasteiger partial charge is 0.256 e. The lowest BCUT2D eigenvalue weighted by Gasteiger charge is -2.12. The molecule has 0 saturated carbocycles. The van der Waals surface area contributed by atoms with Crippen LogP contribution >= 0.6 is 0 Å². The number of fused-ring (bicyclic) bond motifs is 3. The maximum absolute atomic E-state index is 4.59. The van der Waals surface area contributed by atoms with E-state index in [0.717, 1.165) is 5.52 Å². The van der Waals surface area contributed by atoms with Gasteiger partial charge in [0.15, 0.2) is 0 Å². The van der Waals surface area contributed by atoms with Crippen LogP contribution in [0.25, 0.3) is 21.7 Å². The van der Waals surface area contributed by atoms with E-state index in [0.29, 0.717) is 5.92 Å². The summed E-state index contributed by atoms with van der Waals surface area (Å²) in [5, 5.41) is 3.86. The summed E-state index contributed by atoms with van der Waals surface area (Å²) in [5.41, 5.74) is 3.84. The van der Waals surface area contributed by atoms with E-state index in [9.17, 15) is 0 Å². The fourth-order valence-electron chi connectivity index (χ4n) is 2.69. The zero-order chi connectivity index (χ0) is 14.7. The highest BCUT2D eigenvalue weighted by Gasteiger charge is 2.09. The molecule has 2 aromatic carbocycles. The molecule has 0 spiro atoms. The van der Waals surface area contributed by atoms with E-state index >= 15 is 0 Å². The van der Waals surface area contributed by atoms with E-state index in [1.54, 1.807) is 0 Å². The summed E-state index contributed by atoms with van der Waals surface area (Å²) in [6.07, 6.45) is 1.93. The molecule has 0 saturated heterocycles. The van der Waals surface area contributed by atoms with Crippen molar-refractivity contribution in [1.29, 1.82) is 0 Å². The van der Waals surface area contributed by atoms with Crippen LogP contribution in [0.1, 0.15) is 44.7 Å². The van der Waals surface area contributed by atoms with Gasteiger partial charge in [-0.2, -0.15) is 0 Å². The minimum atomic E-state index is 0.524. The smallest absolute Gasteiger partial charge is 0.0783 e. The van der Waals surface area contributed by atoms with Crippen LogP contribution < -0.4 is 0 Å². The Morgan fingerprint density at radius 1 is 0.900 bits per heavy atom. The Bertz CT molecular complexity index is 726. The van der Waals surface area contributed by atoms with E-state index in [1.807, 2.05) is 20.0 Å². The molecule has 0 unspecified atom stereocenters. The van der Waals surface area contributed by atoms with E-state index in [1.165, 1.54) is 27.3 Å². The Morgan fingerprint density at radius 2 is 1.55 bits per heavy atom. The normalized spacial score (nSPS) is 10.7. The number of pyridine rings is 1. The van der Waals surface area contributed by atoms with Gasteiger partial charge in [0.1, 0.15) is 0 Å². The van der Waals surface area contributed by atoms with E-state index in [2.05, 4.69) is 62.2 Å². The Labute approximate surface area is 121 Å². The maximum Gasteiger partial charge on any atom is 0.0783 e. The molecule has 0 aliphatic rings. The maximum atomic E-state index is 4.59. The zero-order valence-corrected chi connectivity index (χ0v) is 13.1. The molecule has 0 amide bonds. The van der Waals surface area contributed by atoms with Crippen molar-refractivity contribution < 1.29 is 0 Å². The Morgan fingerprint density at radius 3 is 2.20 bits per heavy atom. The number of hydrogen-bond acceptors (Lipinski definition) is 1. The van der Waals surface area contributed by atoms with Gasteiger partial charge in [0.2, 0.25) is 0 Å². The predicted octanol–water partition coefficient (Wildman–Crippen LogP) is 5.85. The molecule has 0 radical (unpaired) electrons. The molecule has 3 rings (SSSR count). The molecule has 0 aliphatic heterocycles. The van der Waals surface area contributed by atoms with Crippen LogP contribution in [0.4, 0.5) is 0 Å². The van der Waals surface area contributed by atoms with E-state index in [-0.39, 0.29) is 0 Å². The molecule has 1 heteroatoms. The molecular formula is C19H23N. The van der Waals surface area contributed by atoms with Crippen LogP contribution in [0, 0.1) is 6.92 Å². The van der Waals surface area contributed by atoms with Gasteiger partial charge in [0, 0.05) is 17.0 Å². The first-order valence-electron chi connectivity index (χ1n) is 7.45. The first kappa shape index (κ1) is 14.5. The second kappa shape index (κ2) is 6.04. The van der Waals surface area contributed by atoms with Crippen molar-refractivity contribution in [3.63, 3.8) is 0 Å². The number of aryl methyl sites for hydroxylation is 1. The Balaban J connectivity index is 0.000000704. The van der Waals surface area contributed by atoms with Gasteiger partial charge in [-0.3, -0.25) is 4.98 Å². The van der Waals surface area contributed by atoms with Gasteiger partial charge in [-0.15, -0.1) is 0 Å². The highest BCUT2D eigenvalue weighted by molar-refractivity contribution is 6.07. The molecule has 1 heterocycles. The van der Waals surface area contributed by atoms with Gasteiger partial charge in [-0.25, -0.2) is 0 Å². The number of benzene rings is 2. The van der Waals surface area contributed by atoms with Crippen molar-refractivity contribution in [3.05, 3.63) is 53.7 Å². The number of nitrogens with zero attached hydrogens (tertiary/aromatic N) is 1. The van der Waals surface area contributed by atoms with Crippen LogP contribution in [0.3, 0.4) is 0 Å². The van der Waals surface area contributed by atoms with Gasteiger partial charge >= 0.3 is 0 Å². The van der Waals surface area contributed by atoms with Crippen molar-refractivity contribution in [3.8, 4) is 0 Å². The molecule has 0 fully saturated rings. The van der Waals surface area contributed by atoms with Crippen molar-refractivity contribution in [2.45, 2.75) is 40.5 Å². The lowest BCUT2D eigenvalue weighted by atomic mass is 9.94. The molecule has 0 atom stereocenters. The molecule has 0 aliphatic carbocycles. The van der Waals surface area contributed by atoms with E-state index < -0.39 is 0 Å². The highest BCUT2D eigenvalue weighted by atomic mass is 14.7. The quantitative estimate of drug-likeness (QED) is 0.503. The van der Waals surface area contributed by atoms with Crippen molar-refractivity contribution in [2.24, 2.45) is 0 Å². The van der Waals surface area contributed by atoms with Crippen LogP contribution in [0.2, 0.25) is 0 Å².